The van der Waals surface area contributed by atoms with Crippen LogP contribution >= 0.6 is 0 Å². The zero-order chi connectivity index (χ0) is 26.6. The third kappa shape index (κ3) is 5.80. The van der Waals surface area contributed by atoms with E-state index in [0.29, 0.717) is 36.1 Å². The first-order chi connectivity index (χ1) is 18.4. The van der Waals surface area contributed by atoms with E-state index in [-0.39, 0.29) is 44.0 Å². The standard InChI is InChI=1S/C28H32N4O6/c33-15-18-1-2-19(11-18)16-38-22-6-4-21(5-7-22)30-28(37)29-13-17-3-8-23-20(12-17)14-32(27(23)36)24-9-10-25(34)31-26(24)35/h3-8,12,18-19,24,33H,1-2,9-11,13-16H2,(H2,29,30,37)(H,31,34,35)/t18-,19-,24?/m0/s1. The molecule has 200 valence electrons. The number of piperidine rings is 1. The average molecular weight is 521 g/mol. The summed E-state index contributed by atoms with van der Waals surface area (Å²) in [7, 11) is 0. The SMILES string of the molecule is O=C1CCC(N2Cc3cc(CNC(=O)Nc4ccc(OC[C@H]5CC[C@H](CO)C5)cc4)ccc3C2=O)C(=O)N1. The maximum atomic E-state index is 12.8. The van der Waals surface area contributed by atoms with Gasteiger partial charge in [-0.05, 0) is 79.0 Å². The Balaban J connectivity index is 1.09. The Morgan fingerprint density at radius 3 is 2.58 bits per heavy atom. The molecule has 1 aliphatic carbocycles. The highest BCUT2D eigenvalue weighted by atomic mass is 16.5. The van der Waals surface area contributed by atoms with Crippen LogP contribution in [0, 0.1) is 11.8 Å². The number of anilines is 1. The van der Waals surface area contributed by atoms with E-state index in [9.17, 15) is 24.3 Å². The predicted molar refractivity (Wildman–Crippen MR) is 138 cm³/mol. The summed E-state index contributed by atoms with van der Waals surface area (Å²) in [6.07, 6.45) is 3.64. The van der Waals surface area contributed by atoms with E-state index in [4.69, 9.17) is 4.74 Å². The summed E-state index contributed by atoms with van der Waals surface area (Å²) in [6.45, 7) is 1.43. The van der Waals surface area contributed by atoms with E-state index in [1.165, 1.54) is 4.90 Å². The fraction of sp³-hybridized carbons (Fsp3) is 0.429. The Hall–Kier alpha value is -3.92. The maximum Gasteiger partial charge on any atom is 0.319 e. The summed E-state index contributed by atoms with van der Waals surface area (Å²) in [6, 6.07) is 11.5. The van der Waals surface area contributed by atoms with E-state index in [1.807, 2.05) is 18.2 Å². The number of ether oxygens (including phenoxy) is 1. The molecule has 4 N–H and O–H groups in total. The molecular formula is C28H32N4O6. The van der Waals surface area contributed by atoms with Crippen LogP contribution in [0.25, 0.3) is 0 Å². The normalized spacial score (nSPS) is 22.7. The summed E-state index contributed by atoms with van der Waals surface area (Å²) < 4.78 is 5.87. The van der Waals surface area contributed by atoms with E-state index in [2.05, 4.69) is 16.0 Å². The first kappa shape index (κ1) is 25.7. The van der Waals surface area contributed by atoms with Gasteiger partial charge in [0.1, 0.15) is 11.8 Å². The lowest BCUT2D eigenvalue weighted by Crippen LogP contribution is -2.52. The molecule has 10 heteroatoms. The fourth-order valence-corrected chi connectivity index (χ4v) is 5.44. The van der Waals surface area contributed by atoms with Crippen molar-refractivity contribution in [3.05, 3.63) is 59.2 Å². The van der Waals surface area contributed by atoms with Gasteiger partial charge in [0.25, 0.3) is 5.91 Å². The highest BCUT2D eigenvalue weighted by Gasteiger charge is 2.39. The van der Waals surface area contributed by atoms with Gasteiger partial charge in [-0.25, -0.2) is 4.79 Å². The minimum absolute atomic E-state index is 0.211. The summed E-state index contributed by atoms with van der Waals surface area (Å²) in [5, 5.41) is 17.2. The van der Waals surface area contributed by atoms with Crippen LogP contribution in [0.3, 0.4) is 0 Å². The first-order valence-electron chi connectivity index (χ1n) is 13.0. The van der Waals surface area contributed by atoms with Crippen LogP contribution in [0.15, 0.2) is 42.5 Å². The summed E-state index contributed by atoms with van der Waals surface area (Å²) in [4.78, 5) is 50.4. The molecule has 10 nitrogen and oxygen atoms in total. The molecule has 2 aliphatic heterocycles. The number of carbonyl (C=O) groups excluding carboxylic acids is 4. The average Bonchev–Trinajstić information content (AvgIpc) is 3.51. The molecule has 3 aliphatic rings. The number of nitrogens with one attached hydrogen (secondary N) is 3. The molecule has 5 rings (SSSR count). The van der Waals surface area contributed by atoms with Gasteiger partial charge in [0.2, 0.25) is 11.8 Å². The molecule has 0 radical (unpaired) electrons. The molecule has 0 aromatic heterocycles. The van der Waals surface area contributed by atoms with Gasteiger partial charge in [-0.1, -0.05) is 12.1 Å². The Kier molecular flexibility index (Phi) is 7.59. The van der Waals surface area contributed by atoms with E-state index in [1.54, 1.807) is 24.3 Å². The molecule has 0 bridgehead atoms. The number of aliphatic hydroxyl groups excluding tert-OH is 1. The Labute approximate surface area is 220 Å². The molecular weight excluding hydrogens is 488 g/mol. The topological polar surface area (TPSA) is 137 Å². The molecule has 5 amide bonds. The van der Waals surface area contributed by atoms with Crippen molar-refractivity contribution in [2.24, 2.45) is 11.8 Å². The molecule has 38 heavy (non-hydrogen) atoms. The van der Waals surface area contributed by atoms with E-state index < -0.39 is 11.9 Å². The number of benzene rings is 2. The number of aliphatic hydroxyl groups is 1. The molecule has 2 heterocycles. The molecule has 2 fully saturated rings. The Morgan fingerprint density at radius 1 is 1.05 bits per heavy atom. The number of fused-ring (bicyclic) bond motifs is 1. The molecule has 1 saturated heterocycles. The van der Waals surface area contributed by atoms with Crippen molar-refractivity contribution in [2.45, 2.75) is 51.2 Å². The smallest absolute Gasteiger partial charge is 0.319 e. The third-order valence-electron chi connectivity index (χ3n) is 7.55. The monoisotopic (exact) mass is 520 g/mol. The van der Waals surface area contributed by atoms with Crippen molar-refractivity contribution in [1.29, 1.82) is 0 Å². The molecule has 2 aromatic carbocycles. The second-order valence-corrected chi connectivity index (χ2v) is 10.3. The van der Waals surface area contributed by atoms with Gasteiger partial charge >= 0.3 is 6.03 Å². The molecule has 1 unspecified atom stereocenters. The van der Waals surface area contributed by atoms with Crippen LogP contribution < -0.4 is 20.7 Å². The van der Waals surface area contributed by atoms with Crippen LogP contribution in [0.2, 0.25) is 0 Å². The number of urea groups is 1. The number of amides is 5. The first-order valence-corrected chi connectivity index (χ1v) is 13.0. The molecule has 3 atom stereocenters. The Bertz CT molecular complexity index is 1230. The van der Waals surface area contributed by atoms with Gasteiger partial charge in [0.05, 0.1) is 6.61 Å². The maximum absolute atomic E-state index is 12.8. The van der Waals surface area contributed by atoms with Gasteiger partial charge in [0, 0.05) is 37.4 Å². The number of hydrogen-bond donors (Lipinski definition) is 4. The minimum atomic E-state index is -0.655. The lowest BCUT2D eigenvalue weighted by molar-refractivity contribution is -0.136. The fourth-order valence-electron chi connectivity index (χ4n) is 5.44. The van der Waals surface area contributed by atoms with E-state index >= 15 is 0 Å². The number of carbonyl (C=O) groups is 4. The van der Waals surface area contributed by atoms with Crippen molar-refractivity contribution in [3.63, 3.8) is 0 Å². The van der Waals surface area contributed by atoms with Crippen molar-refractivity contribution in [2.75, 3.05) is 18.5 Å². The van der Waals surface area contributed by atoms with Crippen LogP contribution in [0.1, 0.15) is 53.6 Å². The molecule has 1 saturated carbocycles. The van der Waals surface area contributed by atoms with Gasteiger partial charge in [-0.3, -0.25) is 19.7 Å². The van der Waals surface area contributed by atoms with Crippen molar-refractivity contribution < 1.29 is 29.0 Å². The largest absolute Gasteiger partial charge is 0.493 e. The number of hydrogen-bond acceptors (Lipinski definition) is 6. The van der Waals surface area contributed by atoms with Gasteiger partial charge in [-0.15, -0.1) is 0 Å². The quantitative estimate of drug-likeness (QED) is 0.395. The van der Waals surface area contributed by atoms with Crippen LogP contribution in [-0.4, -0.2) is 53.0 Å². The summed E-state index contributed by atoms with van der Waals surface area (Å²) in [5.74, 6) is 0.613. The summed E-state index contributed by atoms with van der Waals surface area (Å²) in [5.41, 5.74) is 2.79. The van der Waals surface area contributed by atoms with Gasteiger partial charge in [0.15, 0.2) is 0 Å². The summed E-state index contributed by atoms with van der Waals surface area (Å²) >= 11 is 0. The second kappa shape index (κ2) is 11.2. The molecule has 2 aromatic rings. The lowest BCUT2D eigenvalue weighted by atomic mass is 10.0. The zero-order valence-corrected chi connectivity index (χ0v) is 21.1. The highest BCUT2D eigenvalue weighted by Crippen LogP contribution is 2.31. The van der Waals surface area contributed by atoms with Crippen molar-refractivity contribution in [1.82, 2.24) is 15.5 Å². The lowest BCUT2D eigenvalue weighted by Gasteiger charge is -2.29. The highest BCUT2D eigenvalue weighted by molar-refractivity contribution is 6.05. The number of rotatable bonds is 8. The number of nitrogens with zero attached hydrogens (tertiary/aromatic N) is 1. The predicted octanol–water partition coefficient (Wildman–Crippen LogP) is 2.56. The van der Waals surface area contributed by atoms with Crippen LogP contribution in [-0.2, 0) is 22.7 Å². The van der Waals surface area contributed by atoms with E-state index in [0.717, 1.165) is 36.1 Å². The third-order valence-corrected chi connectivity index (χ3v) is 7.55. The van der Waals surface area contributed by atoms with Crippen LogP contribution in [0.5, 0.6) is 5.75 Å². The van der Waals surface area contributed by atoms with Gasteiger partial charge < -0.3 is 25.4 Å². The second-order valence-electron chi connectivity index (χ2n) is 10.3. The Morgan fingerprint density at radius 2 is 1.84 bits per heavy atom. The zero-order valence-electron chi connectivity index (χ0n) is 21.1. The van der Waals surface area contributed by atoms with Gasteiger partial charge in [-0.2, -0.15) is 0 Å². The van der Waals surface area contributed by atoms with Crippen molar-refractivity contribution in [3.8, 4) is 5.75 Å². The minimum Gasteiger partial charge on any atom is -0.493 e. The van der Waals surface area contributed by atoms with Crippen LogP contribution in [0.4, 0.5) is 10.5 Å². The molecule has 0 spiro atoms. The number of imide groups is 1. The van der Waals surface area contributed by atoms with Crippen molar-refractivity contribution >= 4 is 29.4 Å².